The highest BCUT2D eigenvalue weighted by atomic mass is 16.1. The SMILES string of the molecule is CC(CN1CCCCCC1C1CCNCC1)C(N)=O. The lowest BCUT2D eigenvalue weighted by atomic mass is 9.86. The summed E-state index contributed by atoms with van der Waals surface area (Å²) < 4.78 is 0. The van der Waals surface area contributed by atoms with Crippen LogP contribution in [0, 0.1) is 11.8 Å². The second-order valence-corrected chi connectivity index (χ2v) is 6.30. The van der Waals surface area contributed by atoms with Crippen LogP contribution in [0.5, 0.6) is 0 Å². The van der Waals surface area contributed by atoms with Crippen molar-refractivity contribution >= 4 is 5.91 Å². The van der Waals surface area contributed by atoms with Gasteiger partial charge in [-0.05, 0) is 51.2 Å². The molecule has 0 aromatic rings. The van der Waals surface area contributed by atoms with Gasteiger partial charge < -0.3 is 11.1 Å². The van der Waals surface area contributed by atoms with E-state index in [4.69, 9.17) is 5.73 Å². The summed E-state index contributed by atoms with van der Waals surface area (Å²) in [5, 5.41) is 3.45. The molecule has 2 saturated heterocycles. The van der Waals surface area contributed by atoms with Crippen LogP contribution in [0.15, 0.2) is 0 Å². The Hall–Kier alpha value is -0.610. The highest BCUT2D eigenvalue weighted by Gasteiger charge is 2.30. The Balaban J connectivity index is 1.99. The lowest BCUT2D eigenvalue weighted by molar-refractivity contribution is -0.122. The molecule has 2 atom stereocenters. The van der Waals surface area contributed by atoms with E-state index in [0.29, 0.717) is 6.04 Å². The van der Waals surface area contributed by atoms with E-state index in [1.165, 1.54) is 38.5 Å². The molecular weight excluding hydrogens is 238 g/mol. The van der Waals surface area contributed by atoms with Gasteiger partial charge in [0.05, 0.1) is 0 Å². The highest BCUT2D eigenvalue weighted by molar-refractivity contribution is 5.76. The molecule has 0 aliphatic carbocycles. The summed E-state index contributed by atoms with van der Waals surface area (Å²) >= 11 is 0. The van der Waals surface area contributed by atoms with Gasteiger partial charge in [0, 0.05) is 18.5 Å². The lowest BCUT2D eigenvalue weighted by Crippen LogP contribution is -2.47. The Bertz CT molecular complexity index is 289. The van der Waals surface area contributed by atoms with Gasteiger partial charge in [0.15, 0.2) is 0 Å². The smallest absolute Gasteiger partial charge is 0.221 e. The molecule has 1 amide bonds. The van der Waals surface area contributed by atoms with Crippen LogP contribution >= 0.6 is 0 Å². The number of hydrogen-bond donors (Lipinski definition) is 2. The Morgan fingerprint density at radius 2 is 2.00 bits per heavy atom. The summed E-state index contributed by atoms with van der Waals surface area (Å²) in [6.07, 6.45) is 7.82. The summed E-state index contributed by atoms with van der Waals surface area (Å²) in [6.45, 7) is 6.27. The van der Waals surface area contributed by atoms with E-state index in [2.05, 4.69) is 10.2 Å². The molecule has 2 rings (SSSR count). The minimum atomic E-state index is -0.159. The third kappa shape index (κ3) is 4.18. The van der Waals surface area contributed by atoms with Crippen molar-refractivity contribution in [3.8, 4) is 0 Å². The van der Waals surface area contributed by atoms with E-state index in [1.54, 1.807) is 0 Å². The van der Waals surface area contributed by atoms with E-state index in [9.17, 15) is 4.79 Å². The maximum Gasteiger partial charge on any atom is 0.221 e. The zero-order valence-corrected chi connectivity index (χ0v) is 12.2. The molecule has 110 valence electrons. The molecule has 0 aromatic heterocycles. The summed E-state index contributed by atoms with van der Waals surface area (Å²) in [5.41, 5.74) is 5.44. The van der Waals surface area contributed by atoms with Crippen molar-refractivity contribution in [3.63, 3.8) is 0 Å². The molecule has 2 unspecified atom stereocenters. The van der Waals surface area contributed by atoms with Crippen LogP contribution in [0.1, 0.15) is 45.4 Å². The minimum Gasteiger partial charge on any atom is -0.369 e. The van der Waals surface area contributed by atoms with Crippen LogP contribution < -0.4 is 11.1 Å². The third-order valence-corrected chi connectivity index (χ3v) is 4.84. The number of rotatable bonds is 4. The first-order chi connectivity index (χ1) is 9.18. The minimum absolute atomic E-state index is 0.0256. The van der Waals surface area contributed by atoms with E-state index < -0.39 is 0 Å². The van der Waals surface area contributed by atoms with Gasteiger partial charge in [-0.15, -0.1) is 0 Å². The monoisotopic (exact) mass is 267 g/mol. The first kappa shape index (κ1) is 14.8. The number of carbonyl (C=O) groups is 1. The molecule has 0 aromatic carbocycles. The molecule has 2 aliphatic rings. The predicted octanol–water partition coefficient (Wildman–Crippen LogP) is 1.35. The van der Waals surface area contributed by atoms with Gasteiger partial charge >= 0.3 is 0 Å². The van der Waals surface area contributed by atoms with Gasteiger partial charge in [-0.25, -0.2) is 0 Å². The Morgan fingerprint density at radius 1 is 1.26 bits per heavy atom. The number of likely N-dealkylation sites (tertiary alicyclic amines) is 1. The van der Waals surface area contributed by atoms with Gasteiger partial charge in [-0.2, -0.15) is 0 Å². The molecule has 2 heterocycles. The number of nitrogens with two attached hydrogens (primary N) is 1. The Morgan fingerprint density at radius 3 is 2.68 bits per heavy atom. The maximum absolute atomic E-state index is 11.3. The van der Waals surface area contributed by atoms with Crippen molar-refractivity contribution < 1.29 is 4.79 Å². The van der Waals surface area contributed by atoms with Gasteiger partial charge in [-0.3, -0.25) is 9.69 Å². The fraction of sp³-hybridized carbons (Fsp3) is 0.933. The fourth-order valence-corrected chi connectivity index (χ4v) is 3.62. The van der Waals surface area contributed by atoms with Crippen molar-refractivity contribution in [1.82, 2.24) is 10.2 Å². The van der Waals surface area contributed by atoms with E-state index >= 15 is 0 Å². The van der Waals surface area contributed by atoms with E-state index in [-0.39, 0.29) is 11.8 Å². The second-order valence-electron chi connectivity index (χ2n) is 6.30. The zero-order valence-electron chi connectivity index (χ0n) is 12.2. The number of carbonyl (C=O) groups excluding carboxylic acids is 1. The lowest BCUT2D eigenvalue weighted by Gasteiger charge is -2.39. The summed E-state index contributed by atoms with van der Waals surface area (Å²) in [4.78, 5) is 13.9. The molecule has 4 nitrogen and oxygen atoms in total. The van der Waals surface area contributed by atoms with Crippen LogP contribution in [-0.4, -0.2) is 43.0 Å². The molecule has 0 bridgehead atoms. The van der Waals surface area contributed by atoms with Crippen LogP contribution in [-0.2, 0) is 4.79 Å². The van der Waals surface area contributed by atoms with Crippen molar-refractivity contribution in [1.29, 1.82) is 0 Å². The predicted molar refractivity (Wildman–Crippen MR) is 77.8 cm³/mol. The standard InChI is InChI=1S/C15H29N3O/c1-12(15(16)19)11-18-10-4-2-3-5-14(18)13-6-8-17-9-7-13/h12-14,17H,2-11H2,1H3,(H2,16,19). The molecule has 3 N–H and O–H groups in total. The number of primary amides is 1. The van der Waals surface area contributed by atoms with Crippen molar-refractivity contribution in [3.05, 3.63) is 0 Å². The molecule has 0 saturated carbocycles. The van der Waals surface area contributed by atoms with Gasteiger partial charge in [0.25, 0.3) is 0 Å². The van der Waals surface area contributed by atoms with E-state index in [1.807, 2.05) is 6.92 Å². The summed E-state index contributed by atoms with van der Waals surface area (Å²) in [6, 6.07) is 0.673. The number of nitrogens with zero attached hydrogens (tertiary/aromatic N) is 1. The average molecular weight is 267 g/mol. The normalized spacial score (nSPS) is 28.8. The van der Waals surface area contributed by atoms with Crippen LogP contribution in [0.4, 0.5) is 0 Å². The number of amides is 1. The molecular formula is C15H29N3O. The average Bonchev–Trinajstić information content (AvgIpc) is 2.65. The number of hydrogen-bond acceptors (Lipinski definition) is 3. The number of nitrogens with one attached hydrogen (secondary N) is 1. The van der Waals surface area contributed by atoms with Crippen LogP contribution in [0.2, 0.25) is 0 Å². The molecule has 19 heavy (non-hydrogen) atoms. The molecule has 4 heteroatoms. The largest absolute Gasteiger partial charge is 0.369 e. The van der Waals surface area contributed by atoms with Crippen LogP contribution in [0.25, 0.3) is 0 Å². The number of piperidine rings is 1. The molecule has 2 aliphatic heterocycles. The summed E-state index contributed by atoms with van der Waals surface area (Å²) in [5.74, 6) is 0.620. The molecule has 2 fully saturated rings. The Labute approximate surface area is 117 Å². The first-order valence-electron chi connectivity index (χ1n) is 7.92. The zero-order chi connectivity index (χ0) is 13.7. The molecule has 0 spiro atoms. The quantitative estimate of drug-likeness (QED) is 0.808. The van der Waals surface area contributed by atoms with Crippen molar-refractivity contribution in [2.45, 2.75) is 51.5 Å². The third-order valence-electron chi connectivity index (χ3n) is 4.84. The van der Waals surface area contributed by atoms with Gasteiger partial charge in [-0.1, -0.05) is 19.8 Å². The summed E-state index contributed by atoms with van der Waals surface area (Å²) in [7, 11) is 0. The Kier molecular flexibility index (Phi) is 5.64. The highest BCUT2D eigenvalue weighted by Crippen LogP contribution is 2.28. The second kappa shape index (κ2) is 7.25. The van der Waals surface area contributed by atoms with Crippen molar-refractivity contribution in [2.75, 3.05) is 26.2 Å². The van der Waals surface area contributed by atoms with E-state index in [0.717, 1.165) is 32.1 Å². The fourth-order valence-electron chi connectivity index (χ4n) is 3.62. The van der Waals surface area contributed by atoms with Crippen LogP contribution in [0.3, 0.4) is 0 Å². The van der Waals surface area contributed by atoms with Gasteiger partial charge in [0.1, 0.15) is 0 Å². The topological polar surface area (TPSA) is 58.4 Å². The van der Waals surface area contributed by atoms with Gasteiger partial charge in [0.2, 0.25) is 5.91 Å². The first-order valence-corrected chi connectivity index (χ1v) is 7.92. The maximum atomic E-state index is 11.3. The van der Waals surface area contributed by atoms with Crippen molar-refractivity contribution in [2.24, 2.45) is 17.6 Å². The molecule has 0 radical (unpaired) electrons.